The van der Waals surface area contributed by atoms with E-state index in [1.165, 1.54) is 5.56 Å². The molecule has 1 aromatic carbocycles. The molecule has 0 aromatic heterocycles. The van der Waals surface area contributed by atoms with Crippen LogP contribution in [0.15, 0.2) is 35.4 Å². The van der Waals surface area contributed by atoms with Crippen LogP contribution in [-0.4, -0.2) is 77.4 Å². The molecular formula is C24H33N5O3. The zero-order chi connectivity index (χ0) is 22.3. The van der Waals surface area contributed by atoms with Gasteiger partial charge in [-0.3, -0.25) is 19.3 Å². The van der Waals surface area contributed by atoms with Gasteiger partial charge in [0.2, 0.25) is 11.8 Å². The zero-order valence-electron chi connectivity index (χ0n) is 18.7. The van der Waals surface area contributed by atoms with Crippen molar-refractivity contribution in [2.45, 2.75) is 45.1 Å². The van der Waals surface area contributed by atoms with E-state index in [1.54, 1.807) is 0 Å². The van der Waals surface area contributed by atoms with Crippen molar-refractivity contribution in [2.75, 3.05) is 39.3 Å². The number of nitrogens with one attached hydrogen (secondary N) is 1. The number of hydrazone groups is 1. The van der Waals surface area contributed by atoms with Gasteiger partial charge < -0.3 is 9.80 Å². The van der Waals surface area contributed by atoms with E-state index in [0.717, 1.165) is 58.5 Å². The van der Waals surface area contributed by atoms with Crippen molar-refractivity contribution in [3.05, 3.63) is 35.9 Å². The van der Waals surface area contributed by atoms with Gasteiger partial charge in [0.1, 0.15) is 5.71 Å². The molecule has 2 fully saturated rings. The first-order chi connectivity index (χ1) is 15.6. The number of benzene rings is 1. The number of hydrogen-bond acceptors (Lipinski definition) is 5. The minimum atomic E-state index is -0.141. The third-order valence-corrected chi connectivity index (χ3v) is 6.70. The van der Waals surface area contributed by atoms with Crippen LogP contribution < -0.4 is 5.43 Å². The molecule has 1 unspecified atom stereocenters. The van der Waals surface area contributed by atoms with Crippen LogP contribution in [0.3, 0.4) is 0 Å². The van der Waals surface area contributed by atoms with Crippen LogP contribution >= 0.6 is 0 Å². The summed E-state index contributed by atoms with van der Waals surface area (Å²) in [4.78, 5) is 43.0. The van der Waals surface area contributed by atoms with Gasteiger partial charge in [-0.15, -0.1) is 0 Å². The predicted octanol–water partition coefficient (Wildman–Crippen LogP) is 1.62. The molecular weight excluding hydrogens is 406 g/mol. The topological polar surface area (TPSA) is 85.3 Å². The first-order valence-electron chi connectivity index (χ1n) is 11.8. The lowest BCUT2D eigenvalue weighted by Gasteiger charge is -2.36. The van der Waals surface area contributed by atoms with E-state index >= 15 is 0 Å². The normalized spacial score (nSPS) is 22.3. The van der Waals surface area contributed by atoms with Gasteiger partial charge in [0.25, 0.3) is 5.91 Å². The zero-order valence-corrected chi connectivity index (χ0v) is 18.7. The largest absolute Gasteiger partial charge is 0.340 e. The van der Waals surface area contributed by atoms with Gasteiger partial charge >= 0.3 is 0 Å². The molecule has 0 aliphatic carbocycles. The highest BCUT2D eigenvalue weighted by molar-refractivity contribution is 6.39. The van der Waals surface area contributed by atoms with Crippen LogP contribution in [0.2, 0.25) is 0 Å². The maximum Gasteiger partial charge on any atom is 0.270 e. The van der Waals surface area contributed by atoms with Crippen LogP contribution in [0.5, 0.6) is 0 Å². The summed E-state index contributed by atoms with van der Waals surface area (Å²) in [5.74, 6) is 0.357. The lowest BCUT2D eigenvalue weighted by atomic mass is 9.92. The molecule has 0 saturated carbocycles. The highest BCUT2D eigenvalue weighted by atomic mass is 16.2. The van der Waals surface area contributed by atoms with Crippen molar-refractivity contribution in [1.82, 2.24) is 20.1 Å². The summed E-state index contributed by atoms with van der Waals surface area (Å²) in [5.41, 5.74) is 4.15. The molecule has 32 heavy (non-hydrogen) atoms. The Kier molecular flexibility index (Phi) is 7.52. The Hall–Kier alpha value is -2.74. The first-order valence-corrected chi connectivity index (χ1v) is 11.8. The quantitative estimate of drug-likeness (QED) is 0.730. The summed E-state index contributed by atoms with van der Waals surface area (Å²) in [5, 5.41) is 3.94. The van der Waals surface area contributed by atoms with Crippen molar-refractivity contribution in [3.63, 3.8) is 0 Å². The number of nitrogens with zero attached hydrogens (tertiary/aromatic N) is 4. The molecule has 3 amide bonds. The van der Waals surface area contributed by atoms with E-state index < -0.39 is 0 Å². The molecule has 8 nitrogen and oxygen atoms in total. The number of rotatable bonds is 6. The minimum Gasteiger partial charge on any atom is -0.340 e. The Labute approximate surface area is 189 Å². The van der Waals surface area contributed by atoms with Gasteiger partial charge in [0.05, 0.1) is 0 Å². The van der Waals surface area contributed by atoms with E-state index in [2.05, 4.69) is 39.7 Å². The van der Waals surface area contributed by atoms with Crippen molar-refractivity contribution >= 4 is 23.4 Å². The van der Waals surface area contributed by atoms with Gasteiger partial charge in [0.15, 0.2) is 0 Å². The van der Waals surface area contributed by atoms with Gasteiger partial charge in [-0.2, -0.15) is 5.10 Å². The number of likely N-dealkylation sites (tertiary alicyclic amines) is 1. The van der Waals surface area contributed by atoms with Gasteiger partial charge in [-0.1, -0.05) is 30.3 Å². The van der Waals surface area contributed by atoms with Crippen molar-refractivity contribution < 1.29 is 14.4 Å². The summed E-state index contributed by atoms with van der Waals surface area (Å²) in [6, 6.07) is 10.5. The number of hydrogen-bond donors (Lipinski definition) is 1. The van der Waals surface area contributed by atoms with Gasteiger partial charge in [0, 0.05) is 65.1 Å². The number of amides is 3. The Balaban J connectivity index is 1.19. The Morgan fingerprint density at radius 1 is 1.00 bits per heavy atom. The molecule has 172 valence electrons. The third-order valence-electron chi connectivity index (χ3n) is 6.70. The standard InChI is InChI=1S/C24H33N5O3/c30-22-10-9-21(25-26-22)24(32)29-12-4-7-20(18-29)8-11-23(31)28-15-13-27(14-16-28)17-19-5-2-1-3-6-19/h1-3,5-6,20H,4,7-18H2,(H,26,30). The van der Waals surface area contributed by atoms with E-state index in [0.29, 0.717) is 37.4 Å². The molecule has 1 N–H and O–H groups in total. The average molecular weight is 440 g/mol. The fourth-order valence-electron chi connectivity index (χ4n) is 4.78. The SMILES string of the molecule is O=C1CCC(C(=O)N2CCCC(CCC(=O)N3CCN(Cc4ccccc4)CC3)C2)=NN1. The van der Waals surface area contributed by atoms with Crippen LogP contribution in [0.1, 0.15) is 44.1 Å². The lowest BCUT2D eigenvalue weighted by molar-refractivity contribution is -0.133. The molecule has 0 bridgehead atoms. The van der Waals surface area contributed by atoms with Crippen molar-refractivity contribution in [1.29, 1.82) is 0 Å². The molecule has 4 rings (SSSR count). The molecule has 3 aliphatic heterocycles. The molecule has 8 heteroatoms. The van der Waals surface area contributed by atoms with Gasteiger partial charge in [-0.05, 0) is 30.7 Å². The van der Waals surface area contributed by atoms with Crippen LogP contribution in [0, 0.1) is 5.92 Å². The smallest absolute Gasteiger partial charge is 0.270 e. The van der Waals surface area contributed by atoms with Crippen LogP contribution in [0.4, 0.5) is 0 Å². The monoisotopic (exact) mass is 439 g/mol. The molecule has 1 atom stereocenters. The summed E-state index contributed by atoms with van der Waals surface area (Å²) in [6.07, 6.45) is 4.07. The highest BCUT2D eigenvalue weighted by Crippen LogP contribution is 2.23. The van der Waals surface area contributed by atoms with E-state index in [-0.39, 0.29) is 17.7 Å². The number of carbonyl (C=O) groups excluding carboxylic acids is 3. The predicted molar refractivity (Wildman–Crippen MR) is 122 cm³/mol. The molecule has 2 saturated heterocycles. The maximum absolute atomic E-state index is 12.8. The molecule has 3 heterocycles. The Morgan fingerprint density at radius 2 is 1.78 bits per heavy atom. The van der Waals surface area contributed by atoms with E-state index in [9.17, 15) is 14.4 Å². The van der Waals surface area contributed by atoms with Gasteiger partial charge in [-0.25, -0.2) is 5.43 Å². The van der Waals surface area contributed by atoms with Crippen molar-refractivity contribution in [2.24, 2.45) is 11.0 Å². The number of carbonyl (C=O) groups is 3. The fraction of sp³-hybridized carbons (Fsp3) is 0.583. The maximum atomic E-state index is 12.8. The second-order valence-electron chi connectivity index (χ2n) is 9.03. The third kappa shape index (κ3) is 5.94. The summed E-state index contributed by atoms with van der Waals surface area (Å²) in [6.45, 7) is 5.71. The minimum absolute atomic E-state index is 0.0736. The Morgan fingerprint density at radius 3 is 2.50 bits per heavy atom. The second-order valence-corrected chi connectivity index (χ2v) is 9.03. The van der Waals surface area contributed by atoms with Crippen LogP contribution in [-0.2, 0) is 20.9 Å². The number of piperidine rings is 1. The average Bonchev–Trinajstić information content (AvgIpc) is 2.84. The summed E-state index contributed by atoms with van der Waals surface area (Å²) in [7, 11) is 0. The molecule has 0 spiro atoms. The molecule has 3 aliphatic rings. The first kappa shape index (κ1) is 22.5. The summed E-state index contributed by atoms with van der Waals surface area (Å²) >= 11 is 0. The van der Waals surface area contributed by atoms with E-state index in [1.807, 2.05) is 15.9 Å². The Bertz CT molecular complexity index is 848. The molecule has 1 aromatic rings. The molecule has 0 radical (unpaired) electrons. The van der Waals surface area contributed by atoms with Crippen LogP contribution in [0.25, 0.3) is 0 Å². The fourth-order valence-corrected chi connectivity index (χ4v) is 4.78. The van der Waals surface area contributed by atoms with E-state index in [4.69, 9.17) is 0 Å². The second kappa shape index (κ2) is 10.7. The lowest BCUT2D eigenvalue weighted by Crippen LogP contribution is -2.48. The summed E-state index contributed by atoms with van der Waals surface area (Å²) < 4.78 is 0. The number of piperazine rings is 1. The van der Waals surface area contributed by atoms with Crippen molar-refractivity contribution in [3.8, 4) is 0 Å². The highest BCUT2D eigenvalue weighted by Gasteiger charge is 2.29.